The molecule has 4 rings (SSSR count). The lowest BCUT2D eigenvalue weighted by Crippen LogP contribution is -2.37. The fourth-order valence-electron chi connectivity index (χ4n) is 2.82. The lowest BCUT2D eigenvalue weighted by Gasteiger charge is -2.08. The summed E-state index contributed by atoms with van der Waals surface area (Å²) in [5.74, 6) is 0.822. The maximum absolute atomic E-state index is 12.2. The van der Waals surface area contributed by atoms with Crippen LogP contribution in [0.5, 0.6) is 0 Å². The first-order valence-electron chi connectivity index (χ1n) is 8.00. The summed E-state index contributed by atoms with van der Waals surface area (Å²) in [7, 11) is 0. The minimum atomic E-state index is -0.242. The van der Waals surface area contributed by atoms with Crippen LogP contribution in [0.15, 0.2) is 60.0 Å². The number of H-pyrrole nitrogens is 1. The van der Waals surface area contributed by atoms with Gasteiger partial charge in [-0.25, -0.2) is 4.79 Å². The molecule has 0 spiro atoms. The van der Waals surface area contributed by atoms with Crippen LogP contribution in [0, 0.1) is 0 Å². The Morgan fingerprint density at radius 2 is 2.12 bits per heavy atom. The molecule has 2 amide bonds. The van der Waals surface area contributed by atoms with Crippen molar-refractivity contribution >= 4 is 33.9 Å². The number of carbonyl (C=O) groups excluding carboxylic acids is 1. The molecule has 2 aromatic heterocycles. The Bertz CT molecular complexity index is 921. The van der Waals surface area contributed by atoms with Crippen LogP contribution in [0.4, 0.5) is 4.79 Å². The molecule has 1 aliphatic rings. The normalized spacial score (nSPS) is 16.6. The second-order valence-corrected chi connectivity index (χ2v) is 6.71. The van der Waals surface area contributed by atoms with Gasteiger partial charge in [0.2, 0.25) is 0 Å². The summed E-state index contributed by atoms with van der Waals surface area (Å²) in [5, 5.41) is 7.50. The highest BCUT2D eigenvalue weighted by Crippen LogP contribution is 2.28. The number of hydrogen-bond donors (Lipinski definition) is 3. The Morgan fingerprint density at radius 3 is 3.00 bits per heavy atom. The van der Waals surface area contributed by atoms with Crippen LogP contribution in [0.1, 0.15) is 17.2 Å². The van der Waals surface area contributed by atoms with Crippen molar-refractivity contribution in [1.29, 1.82) is 0 Å². The third-order valence-corrected chi connectivity index (χ3v) is 5.05. The van der Waals surface area contributed by atoms with Gasteiger partial charge < -0.3 is 10.3 Å². The Kier molecular flexibility index (Phi) is 4.39. The van der Waals surface area contributed by atoms with Crippen molar-refractivity contribution < 1.29 is 4.79 Å². The highest BCUT2D eigenvalue weighted by molar-refractivity contribution is 8.14. The SMILES string of the molecule is O=C(NCc1cccc2[nH]ccc12)NC1=NC(c2ccncc2)CS1. The number of benzene rings is 1. The van der Waals surface area contributed by atoms with Gasteiger partial charge in [-0.05, 0) is 35.4 Å². The second-order valence-electron chi connectivity index (χ2n) is 5.71. The van der Waals surface area contributed by atoms with Crippen LogP contribution >= 0.6 is 11.8 Å². The number of pyridine rings is 1. The molecule has 0 bridgehead atoms. The molecular weight excluding hydrogens is 334 g/mol. The van der Waals surface area contributed by atoms with Crippen LogP contribution in [-0.4, -0.2) is 26.9 Å². The molecule has 0 radical (unpaired) electrons. The molecule has 3 aromatic rings. The largest absolute Gasteiger partial charge is 0.361 e. The first-order valence-corrected chi connectivity index (χ1v) is 8.98. The van der Waals surface area contributed by atoms with Gasteiger partial charge in [-0.2, -0.15) is 0 Å². The molecule has 0 aliphatic carbocycles. The van der Waals surface area contributed by atoms with E-state index >= 15 is 0 Å². The molecule has 0 saturated carbocycles. The topological polar surface area (TPSA) is 82.2 Å². The standard InChI is InChI=1S/C18H17N5OS/c24-17(21-10-13-2-1-3-15-14(13)6-9-20-15)23-18-22-16(11-25-18)12-4-7-19-8-5-12/h1-9,16,20H,10-11H2,(H2,21,22,23,24). The van der Waals surface area contributed by atoms with E-state index in [0.717, 1.165) is 27.8 Å². The zero-order valence-electron chi connectivity index (χ0n) is 13.4. The second kappa shape index (κ2) is 6.98. The third kappa shape index (κ3) is 3.51. The maximum Gasteiger partial charge on any atom is 0.321 e. The number of rotatable bonds is 3. The molecule has 7 heteroatoms. The van der Waals surface area contributed by atoms with Crippen molar-refractivity contribution in [3.05, 3.63) is 66.1 Å². The molecule has 1 unspecified atom stereocenters. The van der Waals surface area contributed by atoms with Crippen molar-refractivity contribution in [2.45, 2.75) is 12.6 Å². The van der Waals surface area contributed by atoms with E-state index in [1.54, 1.807) is 24.2 Å². The van der Waals surface area contributed by atoms with Gasteiger partial charge in [0.25, 0.3) is 0 Å². The van der Waals surface area contributed by atoms with Crippen LogP contribution in [0.3, 0.4) is 0 Å². The third-order valence-electron chi connectivity index (χ3n) is 4.09. The average molecular weight is 351 g/mol. The summed E-state index contributed by atoms with van der Waals surface area (Å²) in [4.78, 5) is 23.9. The van der Waals surface area contributed by atoms with E-state index < -0.39 is 0 Å². The lowest BCUT2D eigenvalue weighted by molar-refractivity contribution is 0.245. The molecule has 25 heavy (non-hydrogen) atoms. The van der Waals surface area contributed by atoms with E-state index in [0.29, 0.717) is 11.7 Å². The van der Waals surface area contributed by atoms with Crippen molar-refractivity contribution in [2.75, 3.05) is 5.75 Å². The fourth-order valence-corrected chi connectivity index (χ4v) is 3.77. The summed E-state index contributed by atoms with van der Waals surface area (Å²) in [5.41, 5.74) is 3.25. The molecule has 0 fully saturated rings. The van der Waals surface area contributed by atoms with Crippen LogP contribution in [0.2, 0.25) is 0 Å². The molecule has 3 heterocycles. The number of nitrogens with zero attached hydrogens (tertiary/aromatic N) is 2. The molecule has 3 N–H and O–H groups in total. The van der Waals surface area contributed by atoms with E-state index in [4.69, 9.17) is 0 Å². The van der Waals surface area contributed by atoms with Gasteiger partial charge >= 0.3 is 6.03 Å². The van der Waals surface area contributed by atoms with Gasteiger partial charge in [0.15, 0.2) is 5.17 Å². The molecule has 1 aromatic carbocycles. The maximum atomic E-state index is 12.2. The van der Waals surface area contributed by atoms with E-state index in [-0.39, 0.29) is 12.1 Å². The van der Waals surface area contributed by atoms with Crippen LogP contribution in [0.25, 0.3) is 10.9 Å². The first kappa shape index (κ1) is 15.7. The Labute approximate surface area is 149 Å². The predicted octanol–water partition coefficient (Wildman–Crippen LogP) is 3.21. The van der Waals surface area contributed by atoms with E-state index in [9.17, 15) is 4.79 Å². The van der Waals surface area contributed by atoms with Gasteiger partial charge in [0.05, 0.1) is 6.04 Å². The fraction of sp³-hybridized carbons (Fsp3) is 0.167. The number of urea groups is 1. The smallest absolute Gasteiger partial charge is 0.321 e. The summed E-state index contributed by atoms with van der Waals surface area (Å²) in [6, 6.07) is 11.8. The van der Waals surface area contributed by atoms with Gasteiger partial charge in [0, 0.05) is 41.8 Å². The van der Waals surface area contributed by atoms with Gasteiger partial charge in [0.1, 0.15) is 0 Å². The van der Waals surface area contributed by atoms with Gasteiger partial charge in [-0.15, -0.1) is 0 Å². The monoisotopic (exact) mass is 351 g/mol. The summed E-state index contributed by atoms with van der Waals surface area (Å²) in [6.07, 6.45) is 5.42. The van der Waals surface area contributed by atoms with Crippen molar-refractivity contribution in [1.82, 2.24) is 20.6 Å². The van der Waals surface area contributed by atoms with Gasteiger partial charge in [-0.3, -0.25) is 15.3 Å². The van der Waals surface area contributed by atoms with E-state index in [1.165, 1.54) is 0 Å². The lowest BCUT2D eigenvalue weighted by atomic mass is 10.1. The van der Waals surface area contributed by atoms with Crippen LogP contribution < -0.4 is 10.6 Å². The van der Waals surface area contributed by atoms with E-state index in [1.807, 2.05) is 42.6 Å². The number of aliphatic imine (C=N–C) groups is 1. The highest BCUT2D eigenvalue weighted by Gasteiger charge is 2.21. The Balaban J connectivity index is 1.36. The number of fused-ring (bicyclic) bond motifs is 1. The zero-order valence-corrected chi connectivity index (χ0v) is 14.2. The van der Waals surface area contributed by atoms with Gasteiger partial charge in [-0.1, -0.05) is 23.9 Å². The van der Waals surface area contributed by atoms with Crippen molar-refractivity contribution in [3.8, 4) is 0 Å². The van der Waals surface area contributed by atoms with Crippen molar-refractivity contribution in [2.24, 2.45) is 4.99 Å². The Morgan fingerprint density at radius 1 is 1.24 bits per heavy atom. The number of aromatic amines is 1. The van der Waals surface area contributed by atoms with E-state index in [2.05, 4.69) is 25.6 Å². The molecule has 6 nitrogen and oxygen atoms in total. The molecule has 126 valence electrons. The number of carbonyl (C=O) groups is 1. The minimum absolute atomic E-state index is 0.0666. The average Bonchev–Trinajstić information content (AvgIpc) is 3.30. The quantitative estimate of drug-likeness (QED) is 0.678. The van der Waals surface area contributed by atoms with Crippen molar-refractivity contribution in [3.63, 3.8) is 0 Å². The number of amides is 2. The molecule has 1 aliphatic heterocycles. The summed E-state index contributed by atoms with van der Waals surface area (Å²) in [6.45, 7) is 0.465. The number of amidine groups is 1. The molecular formula is C18H17N5OS. The first-order chi connectivity index (χ1) is 12.3. The van der Waals surface area contributed by atoms with Crippen LogP contribution in [-0.2, 0) is 6.54 Å². The Hall–Kier alpha value is -2.80. The predicted molar refractivity (Wildman–Crippen MR) is 101 cm³/mol. The number of thioether (sulfide) groups is 1. The number of hydrogen-bond acceptors (Lipinski definition) is 4. The summed E-state index contributed by atoms with van der Waals surface area (Å²) >= 11 is 1.55. The highest BCUT2D eigenvalue weighted by atomic mass is 32.2. The number of nitrogens with one attached hydrogen (secondary N) is 3. The molecule has 0 saturated heterocycles. The summed E-state index contributed by atoms with van der Waals surface area (Å²) < 4.78 is 0. The minimum Gasteiger partial charge on any atom is -0.361 e. The zero-order chi connectivity index (χ0) is 17.1. The number of aromatic nitrogens is 2. The molecule has 1 atom stereocenters.